The van der Waals surface area contributed by atoms with Crippen LogP contribution in [-0.2, 0) is 16.2 Å². The first-order chi connectivity index (χ1) is 14.2. The van der Waals surface area contributed by atoms with Gasteiger partial charge in [0.1, 0.15) is 12.2 Å². The van der Waals surface area contributed by atoms with Crippen molar-refractivity contribution in [1.29, 1.82) is 0 Å². The van der Waals surface area contributed by atoms with Crippen molar-refractivity contribution in [3.63, 3.8) is 0 Å². The normalized spacial score (nSPS) is 14.3. The number of rotatable bonds is 5. The molecule has 6 nitrogen and oxygen atoms in total. The second-order valence-electron chi connectivity index (χ2n) is 6.52. The second kappa shape index (κ2) is 9.28. The Labute approximate surface area is 196 Å². The van der Waals surface area contributed by atoms with Crippen LogP contribution in [-0.4, -0.2) is 47.9 Å². The van der Waals surface area contributed by atoms with E-state index < -0.39 is 11.8 Å². The maximum atomic E-state index is 12.5. The van der Waals surface area contributed by atoms with Crippen LogP contribution in [0.3, 0.4) is 0 Å². The molecule has 0 atom stereocenters. The molecule has 2 amide bonds. The van der Waals surface area contributed by atoms with Gasteiger partial charge in [0.05, 0.1) is 11.6 Å². The molecule has 0 aromatic heterocycles. The molecule has 1 aliphatic rings. The third kappa shape index (κ3) is 4.58. The zero-order valence-electron chi connectivity index (χ0n) is 16.4. The van der Waals surface area contributed by atoms with Gasteiger partial charge in [-0.25, -0.2) is 0 Å². The van der Waals surface area contributed by atoms with E-state index in [1.165, 1.54) is 37.1 Å². The fourth-order valence-electron chi connectivity index (χ4n) is 2.84. The first-order valence-corrected chi connectivity index (χ1v) is 10.8. The van der Waals surface area contributed by atoms with E-state index in [2.05, 4.69) is 31.9 Å². The lowest BCUT2D eigenvalue weighted by molar-refractivity contribution is -0.132. The summed E-state index contributed by atoms with van der Waals surface area (Å²) in [6.07, 6.45) is 1.52. The second-order valence-corrected chi connectivity index (χ2v) is 8.65. The first-order valence-electron chi connectivity index (χ1n) is 8.79. The summed E-state index contributed by atoms with van der Waals surface area (Å²) in [5, 5.41) is 0.164. The number of hydrogen-bond donors (Lipinski definition) is 0. The molecule has 1 heterocycles. The zero-order chi connectivity index (χ0) is 22.0. The summed E-state index contributed by atoms with van der Waals surface area (Å²) in [5.41, 5.74) is 1.63. The Morgan fingerprint density at radius 3 is 2.20 bits per heavy atom. The Morgan fingerprint density at radius 2 is 1.63 bits per heavy atom. The van der Waals surface area contributed by atoms with E-state index in [9.17, 15) is 9.59 Å². The molecule has 0 bridgehead atoms. The molecule has 0 spiro atoms. The van der Waals surface area contributed by atoms with Gasteiger partial charge in [-0.2, -0.15) is 0 Å². The predicted molar refractivity (Wildman–Crippen MR) is 125 cm³/mol. The minimum atomic E-state index is -0.450. The molecule has 2 aromatic rings. The number of likely N-dealkylation sites (N-methyl/N-ethyl adjacent to an activating group) is 2. The molecule has 0 saturated carbocycles. The summed E-state index contributed by atoms with van der Waals surface area (Å²) < 4.78 is 13.0. The van der Waals surface area contributed by atoms with Crippen molar-refractivity contribution in [2.24, 2.45) is 0 Å². The number of methoxy groups -OCH3 is 1. The van der Waals surface area contributed by atoms with E-state index in [4.69, 9.17) is 21.7 Å². The molecule has 9 heteroatoms. The van der Waals surface area contributed by atoms with Crippen LogP contribution in [0.1, 0.15) is 11.1 Å². The molecule has 3 rings (SSSR count). The lowest BCUT2D eigenvalue weighted by Gasteiger charge is -2.31. The molecule has 1 aliphatic heterocycles. The fourth-order valence-corrected chi connectivity index (χ4v) is 3.85. The van der Waals surface area contributed by atoms with E-state index in [-0.39, 0.29) is 10.7 Å². The van der Waals surface area contributed by atoms with Gasteiger partial charge in [0.2, 0.25) is 0 Å². The van der Waals surface area contributed by atoms with Crippen LogP contribution in [0.5, 0.6) is 11.5 Å². The molecule has 30 heavy (non-hydrogen) atoms. The maximum Gasteiger partial charge on any atom is 0.265 e. The SMILES string of the molecule is COc1cc(C=C2C(=O)N(C)C(=S)N(C)C2=O)cc(Br)c1OCc1ccc(Br)cc1. The van der Waals surface area contributed by atoms with E-state index in [1.807, 2.05) is 24.3 Å². The smallest absolute Gasteiger partial charge is 0.265 e. The molecule has 1 fully saturated rings. The number of amides is 2. The Balaban J connectivity index is 1.90. The molecule has 1 saturated heterocycles. The lowest BCUT2D eigenvalue weighted by Crippen LogP contribution is -2.52. The van der Waals surface area contributed by atoms with Gasteiger partial charge in [0.15, 0.2) is 16.6 Å². The van der Waals surface area contributed by atoms with Crippen LogP contribution in [0.2, 0.25) is 0 Å². The molecular weight excluding hydrogens is 536 g/mol. The molecular formula is C21H18Br2N2O4S. The number of ether oxygens (including phenoxy) is 2. The maximum absolute atomic E-state index is 12.5. The molecule has 0 unspecified atom stereocenters. The lowest BCUT2D eigenvalue weighted by atomic mass is 10.1. The molecule has 0 N–H and O–H groups in total. The highest BCUT2D eigenvalue weighted by Gasteiger charge is 2.35. The summed E-state index contributed by atoms with van der Waals surface area (Å²) in [6.45, 7) is 0.354. The minimum absolute atomic E-state index is 0.0195. The molecule has 0 aliphatic carbocycles. The Morgan fingerprint density at radius 1 is 1.03 bits per heavy atom. The number of halogens is 2. The Kier molecular flexibility index (Phi) is 6.95. The average molecular weight is 554 g/mol. The summed E-state index contributed by atoms with van der Waals surface area (Å²) in [6, 6.07) is 11.3. The van der Waals surface area contributed by atoms with Crippen molar-refractivity contribution in [2.45, 2.75) is 6.61 Å². The van der Waals surface area contributed by atoms with Crippen LogP contribution in [0.25, 0.3) is 6.08 Å². The van der Waals surface area contributed by atoms with E-state index in [0.29, 0.717) is 28.1 Å². The highest BCUT2D eigenvalue weighted by Crippen LogP contribution is 2.38. The van der Waals surface area contributed by atoms with E-state index in [0.717, 1.165) is 10.0 Å². The Hall–Kier alpha value is -2.23. The molecule has 0 radical (unpaired) electrons. The number of carbonyl (C=O) groups is 2. The number of thiocarbonyl (C=S) groups is 1. The third-order valence-electron chi connectivity index (χ3n) is 4.50. The quantitative estimate of drug-likeness (QED) is 0.312. The van der Waals surface area contributed by atoms with Crippen LogP contribution >= 0.6 is 44.1 Å². The van der Waals surface area contributed by atoms with Gasteiger partial charge in [-0.3, -0.25) is 19.4 Å². The summed E-state index contributed by atoms with van der Waals surface area (Å²) in [4.78, 5) is 27.6. The van der Waals surface area contributed by atoms with Crippen molar-refractivity contribution in [3.8, 4) is 11.5 Å². The monoisotopic (exact) mass is 552 g/mol. The van der Waals surface area contributed by atoms with E-state index in [1.54, 1.807) is 12.1 Å². The van der Waals surface area contributed by atoms with Gasteiger partial charge in [0, 0.05) is 18.6 Å². The van der Waals surface area contributed by atoms with E-state index >= 15 is 0 Å². The first kappa shape index (κ1) is 22.5. The average Bonchev–Trinajstić information content (AvgIpc) is 2.74. The van der Waals surface area contributed by atoms with Crippen molar-refractivity contribution < 1.29 is 19.1 Å². The standard InChI is InChI=1S/C21H18Br2N2O4S/c1-24-19(26)15(20(27)25(2)21(24)30)8-13-9-16(23)18(17(10-13)28-3)29-11-12-4-6-14(22)7-5-12/h4-10H,11H2,1-3H3. The van der Waals surface area contributed by atoms with Gasteiger partial charge in [-0.1, -0.05) is 28.1 Å². The van der Waals surface area contributed by atoms with Gasteiger partial charge in [-0.15, -0.1) is 0 Å². The molecule has 156 valence electrons. The summed E-state index contributed by atoms with van der Waals surface area (Å²) >= 11 is 12.0. The van der Waals surface area contributed by atoms with Crippen LogP contribution in [0.15, 0.2) is 50.9 Å². The van der Waals surface area contributed by atoms with Crippen molar-refractivity contribution in [3.05, 3.63) is 62.0 Å². The van der Waals surface area contributed by atoms with Crippen LogP contribution in [0.4, 0.5) is 0 Å². The topological polar surface area (TPSA) is 59.1 Å². The number of hydrogen-bond acceptors (Lipinski definition) is 5. The minimum Gasteiger partial charge on any atom is -0.493 e. The third-order valence-corrected chi connectivity index (χ3v) is 6.17. The summed E-state index contributed by atoms with van der Waals surface area (Å²) in [7, 11) is 4.61. The number of nitrogens with zero attached hydrogens (tertiary/aromatic N) is 2. The summed E-state index contributed by atoms with van der Waals surface area (Å²) in [5.74, 6) is 0.100. The van der Waals surface area contributed by atoms with Crippen molar-refractivity contribution in [2.75, 3.05) is 21.2 Å². The van der Waals surface area contributed by atoms with Crippen molar-refractivity contribution in [1.82, 2.24) is 9.80 Å². The number of carbonyl (C=O) groups excluding carboxylic acids is 2. The van der Waals surface area contributed by atoms with Gasteiger partial charge < -0.3 is 9.47 Å². The van der Waals surface area contributed by atoms with Crippen LogP contribution < -0.4 is 9.47 Å². The largest absolute Gasteiger partial charge is 0.493 e. The number of benzene rings is 2. The highest BCUT2D eigenvalue weighted by molar-refractivity contribution is 9.10. The molecule has 2 aromatic carbocycles. The fraction of sp³-hybridized carbons (Fsp3) is 0.190. The zero-order valence-corrected chi connectivity index (χ0v) is 20.4. The Bertz CT molecular complexity index is 1030. The van der Waals surface area contributed by atoms with Crippen LogP contribution in [0, 0.1) is 0 Å². The van der Waals surface area contributed by atoms with Crippen molar-refractivity contribution >= 4 is 67.1 Å². The predicted octanol–water partition coefficient (Wildman–Crippen LogP) is 4.40. The van der Waals surface area contributed by atoms with Gasteiger partial charge in [0.25, 0.3) is 11.8 Å². The highest BCUT2D eigenvalue weighted by atomic mass is 79.9. The van der Waals surface area contributed by atoms with Gasteiger partial charge >= 0.3 is 0 Å². The van der Waals surface area contributed by atoms with Gasteiger partial charge in [-0.05, 0) is 69.6 Å².